The molecule has 0 spiro atoms. The molecule has 0 atom stereocenters. The molecule has 0 aliphatic heterocycles. The maximum atomic E-state index is 2.45. The fraction of sp³-hybridized carbons (Fsp3) is 0.121. The normalized spacial score (nSPS) is 14.0. The van der Waals surface area contributed by atoms with Crippen LogP contribution in [0.1, 0.15) is 43.4 Å². The van der Waals surface area contributed by atoms with Gasteiger partial charge < -0.3 is 0 Å². The molecule has 2 aliphatic rings. The molecule has 0 N–H and O–H groups in total. The van der Waals surface area contributed by atoms with Crippen LogP contribution in [0.4, 0.5) is 0 Å². The van der Waals surface area contributed by atoms with Gasteiger partial charge in [0.05, 0.1) is 0 Å². The van der Waals surface area contributed by atoms with Gasteiger partial charge in [0.2, 0.25) is 0 Å². The molecule has 0 bridgehead atoms. The maximum absolute atomic E-state index is 2.52. The number of hydrogen-bond donors (Lipinski definition) is 0. The van der Waals surface area contributed by atoms with Crippen LogP contribution in [0.5, 0.6) is 0 Å². The number of hydrogen-bond acceptors (Lipinski definition) is 0. The van der Waals surface area contributed by atoms with Crippen LogP contribution in [0.3, 0.4) is 0 Å². The second kappa shape index (κ2) is 9.05. The summed E-state index contributed by atoms with van der Waals surface area (Å²) >= 11 is -2.52. The fourth-order valence-corrected chi connectivity index (χ4v) is 14.8. The van der Waals surface area contributed by atoms with Gasteiger partial charge in [0, 0.05) is 0 Å². The Hall–Kier alpha value is -2.89. The van der Waals surface area contributed by atoms with E-state index in [1.165, 1.54) is 33.4 Å². The molecule has 0 saturated carbocycles. The summed E-state index contributed by atoms with van der Waals surface area (Å²) in [5.74, 6) is 0. The van der Waals surface area contributed by atoms with Gasteiger partial charge in [-0.15, -0.1) is 0 Å². The molecular weight excluding hydrogens is 488 g/mol. The predicted molar refractivity (Wildman–Crippen MR) is 141 cm³/mol. The van der Waals surface area contributed by atoms with E-state index in [0.29, 0.717) is 3.63 Å². The molecule has 0 saturated heterocycles. The van der Waals surface area contributed by atoms with Crippen molar-refractivity contribution in [3.63, 3.8) is 0 Å². The van der Waals surface area contributed by atoms with Crippen LogP contribution in [0.15, 0.2) is 119 Å². The van der Waals surface area contributed by atoms with Crippen molar-refractivity contribution in [3.05, 3.63) is 152 Å². The first kappa shape index (κ1) is 21.6. The van der Waals surface area contributed by atoms with Crippen LogP contribution < -0.4 is 0 Å². The Morgan fingerprint density at radius 3 is 1.65 bits per heavy atom. The summed E-state index contributed by atoms with van der Waals surface area (Å²) < 4.78 is 3.79. The molecule has 164 valence electrons. The van der Waals surface area contributed by atoms with Gasteiger partial charge in [-0.05, 0) is 0 Å². The van der Waals surface area contributed by atoms with Gasteiger partial charge in [-0.1, -0.05) is 0 Å². The Morgan fingerprint density at radius 2 is 1.18 bits per heavy atom. The number of aryl methyl sites for hydroxylation is 2. The summed E-state index contributed by atoms with van der Waals surface area (Å²) in [5.41, 5.74) is 11.7. The van der Waals surface area contributed by atoms with Crippen LogP contribution in [0.2, 0.25) is 0 Å². The zero-order valence-electron chi connectivity index (χ0n) is 19.8. The molecule has 34 heavy (non-hydrogen) atoms. The molecule has 0 heterocycles. The van der Waals surface area contributed by atoms with E-state index in [1.54, 1.807) is 17.6 Å². The van der Waals surface area contributed by atoms with E-state index in [4.69, 9.17) is 0 Å². The van der Waals surface area contributed by atoms with E-state index < -0.39 is 21.3 Å². The third-order valence-corrected chi connectivity index (χ3v) is 15.6. The van der Waals surface area contributed by atoms with Crippen molar-refractivity contribution in [2.75, 3.05) is 0 Å². The average Bonchev–Trinajstić information content (AvgIpc) is 3.52. The van der Waals surface area contributed by atoms with Gasteiger partial charge in [-0.2, -0.15) is 0 Å². The average molecular weight is 516 g/mol. The second-order valence-electron chi connectivity index (χ2n) is 9.36. The summed E-state index contributed by atoms with van der Waals surface area (Å²) in [6.07, 6.45) is 8.18. The molecule has 0 radical (unpaired) electrons. The molecule has 1 heteroatoms. The SMILES string of the molecule is Cc1cccc2c1-c1c(C)cccc1[CH]2[Zr]([C]1=CC=CC1)=[C](c1ccccc1)c1ccccc1. The monoisotopic (exact) mass is 514 g/mol. The summed E-state index contributed by atoms with van der Waals surface area (Å²) in [4.78, 5) is 0. The summed E-state index contributed by atoms with van der Waals surface area (Å²) in [7, 11) is 0. The first-order valence-electron chi connectivity index (χ1n) is 12.1. The van der Waals surface area contributed by atoms with Crippen LogP contribution in [0.25, 0.3) is 11.1 Å². The van der Waals surface area contributed by atoms with Crippen LogP contribution in [0, 0.1) is 13.8 Å². The van der Waals surface area contributed by atoms with Crippen molar-refractivity contribution in [2.24, 2.45) is 0 Å². The van der Waals surface area contributed by atoms with Crippen molar-refractivity contribution in [3.8, 4) is 11.1 Å². The fourth-order valence-electron chi connectivity index (χ4n) is 5.85. The van der Waals surface area contributed by atoms with Crippen molar-refractivity contribution in [2.45, 2.75) is 23.9 Å². The predicted octanol–water partition coefficient (Wildman–Crippen LogP) is 8.10. The molecule has 4 aromatic rings. The standard InChI is InChI=1S/C15H13.C13H10.C5H5.Zr/c1-10-5-3-7-12-9-13-8-4-6-11(2)15(13)14(10)12;1-3-7-12(8-4-1)11-13-9-5-2-6-10-13;1-2-4-5-3-1;/h3-9H,1-2H3;1-10H;1-3H,4H2;. The van der Waals surface area contributed by atoms with Crippen LogP contribution >= 0.6 is 0 Å². The Kier molecular flexibility index (Phi) is 5.76. The van der Waals surface area contributed by atoms with E-state index in [-0.39, 0.29) is 0 Å². The van der Waals surface area contributed by atoms with E-state index in [2.05, 4.69) is 129 Å². The molecule has 0 aromatic heterocycles. The Balaban J connectivity index is 1.75. The van der Waals surface area contributed by atoms with E-state index in [0.717, 1.165) is 6.42 Å². The van der Waals surface area contributed by atoms with Crippen LogP contribution in [-0.4, -0.2) is 3.21 Å². The second-order valence-corrected chi connectivity index (χ2v) is 15.6. The summed E-state index contributed by atoms with van der Waals surface area (Å²) in [5, 5.41) is 0. The van der Waals surface area contributed by atoms with Gasteiger partial charge >= 0.3 is 211 Å². The van der Waals surface area contributed by atoms with E-state index >= 15 is 0 Å². The topological polar surface area (TPSA) is 0 Å². The summed E-state index contributed by atoms with van der Waals surface area (Å²) in [6.45, 7) is 4.58. The molecule has 4 aromatic carbocycles. The number of rotatable bonds is 4. The third kappa shape index (κ3) is 3.59. The van der Waals surface area contributed by atoms with Gasteiger partial charge in [-0.3, -0.25) is 0 Å². The Morgan fingerprint density at radius 1 is 0.647 bits per heavy atom. The number of fused-ring (bicyclic) bond motifs is 3. The first-order valence-corrected chi connectivity index (χ1v) is 16.0. The Labute approximate surface area is 210 Å². The first-order chi connectivity index (χ1) is 16.7. The van der Waals surface area contributed by atoms with E-state index in [9.17, 15) is 0 Å². The number of allylic oxidation sites excluding steroid dienone is 4. The molecule has 0 amide bonds. The number of benzene rings is 4. The van der Waals surface area contributed by atoms with Crippen LogP contribution in [-0.2, 0) is 21.3 Å². The van der Waals surface area contributed by atoms with Crippen molar-refractivity contribution < 1.29 is 21.3 Å². The molecule has 0 nitrogen and oxygen atoms in total. The molecule has 6 rings (SSSR count). The molecule has 0 unspecified atom stereocenters. The van der Waals surface area contributed by atoms with E-state index in [1.807, 2.05) is 0 Å². The van der Waals surface area contributed by atoms with Crippen molar-refractivity contribution in [1.29, 1.82) is 0 Å². The zero-order chi connectivity index (χ0) is 23.1. The minimum atomic E-state index is -2.52. The minimum absolute atomic E-state index is 0.480. The zero-order valence-corrected chi connectivity index (χ0v) is 22.2. The molecule has 0 fully saturated rings. The molecular formula is C33H28Zr. The van der Waals surface area contributed by atoms with Gasteiger partial charge in [0.25, 0.3) is 0 Å². The third-order valence-electron chi connectivity index (χ3n) is 7.28. The van der Waals surface area contributed by atoms with Gasteiger partial charge in [0.15, 0.2) is 0 Å². The quantitative estimate of drug-likeness (QED) is 0.257. The van der Waals surface area contributed by atoms with Crippen molar-refractivity contribution in [1.82, 2.24) is 0 Å². The van der Waals surface area contributed by atoms with Crippen molar-refractivity contribution >= 4 is 3.21 Å². The molecule has 2 aliphatic carbocycles. The Bertz CT molecular complexity index is 1380. The summed E-state index contributed by atoms with van der Waals surface area (Å²) in [6, 6.07) is 36.3. The van der Waals surface area contributed by atoms with Gasteiger partial charge in [0.1, 0.15) is 0 Å². The van der Waals surface area contributed by atoms with Gasteiger partial charge in [-0.25, -0.2) is 0 Å².